The van der Waals surface area contributed by atoms with Gasteiger partial charge in [-0.2, -0.15) is 0 Å². The van der Waals surface area contributed by atoms with Crippen LogP contribution >= 0.6 is 0 Å². The minimum absolute atomic E-state index is 0.147. The van der Waals surface area contributed by atoms with Crippen LogP contribution < -0.4 is 0 Å². The van der Waals surface area contributed by atoms with Crippen LogP contribution in [0.4, 0.5) is 0 Å². The fraction of sp³-hybridized carbons (Fsp3) is 0.833. The topological polar surface area (TPSA) is 55.8 Å². The molecule has 0 N–H and O–H groups in total. The number of hydrogen-bond acceptors (Lipinski definition) is 4. The van der Waals surface area contributed by atoms with Crippen molar-refractivity contribution in [3.63, 3.8) is 0 Å². The number of fused-ring (bicyclic) bond motifs is 2. The molecule has 2 fully saturated rings. The van der Waals surface area contributed by atoms with Gasteiger partial charge < -0.3 is 4.74 Å². The van der Waals surface area contributed by atoms with Crippen molar-refractivity contribution in [1.29, 1.82) is 0 Å². The Labute approximate surface area is 101 Å². The number of hydrogen-bond donors (Lipinski definition) is 0. The third kappa shape index (κ3) is 2.04. The summed E-state index contributed by atoms with van der Waals surface area (Å²) in [6.07, 6.45) is 3.45. The SMILES string of the molecule is CON(C)C(=O)CC12CCC[C@](C)(C1)C(=O)O2. The van der Waals surface area contributed by atoms with Gasteiger partial charge in [-0.05, 0) is 26.2 Å². The molecule has 0 aromatic carbocycles. The second-order valence-electron chi connectivity index (χ2n) is 5.41. The van der Waals surface area contributed by atoms with Crippen molar-refractivity contribution in [2.45, 2.75) is 44.6 Å². The zero-order valence-corrected chi connectivity index (χ0v) is 10.6. The Morgan fingerprint density at radius 1 is 1.53 bits per heavy atom. The molecule has 2 aliphatic rings. The molecule has 1 heterocycles. The average molecular weight is 241 g/mol. The lowest BCUT2D eigenvalue weighted by Crippen LogP contribution is -2.39. The van der Waals surface area contributed by atoms with Gasteiger partial charge in [0, 0.05) is 13.5 Å². The smallest absolute Gasteiger partial charge is 0.312 e. The first-order valence-corrected chi connectivity index (χ1v) is 5.95. The van der Waals surface area contributed by atoms with Crippen LogP contribution in [0, 0.1) is 5.41 Å². The van der Waals surface area contributed by atoms with Crippen molar-refractivity contribution in [2.24, 2.45) is 5.41 Å². The van der Waals surface area contributed by atoms with E-state index in [1.54, 1.807) is 7.05 Å². The summed E-state index contributed by atoms with van der Waals surface area (Å²) in [6, 6.07) is 0. The van der Waals surface area contributed by atoms with Crippen molar-refractivity contribution in [1.82, 2.24) is 5.06 Å². The minimum atomic E-state index is -0.589. The summed E-state index contributed by atoms with van der Waals surface area (Å²) in [6.45, 7) is 1.93. The lowest BCUT2D eigenvalue weighted by Gasteiger charge is -2.33. The van der Waals surface area contributed by atoms with Gasteiger partial charge in [-0.1, -0.05) is 0 Å². The molecule has 2 rings (SSSR count). The summed E-state index contributed by atoms with van der Waals surface area (Å²) < 4.78 is 5.50. The predicted octanol–water partition coefficient (Wildman–Crippen LogP) is 1.27. The Bertz CT molecular complexity index is 356. The monoisotopic (exact) mass is 241 g/mol. The second kappa shape index (κ2) is 3.98. The van der Waals surface area contributed by atoms with Gasteiger partial charge in [-0.3, -0.25) is 14.4 Å². The molecule has 2 bridgehead atoms. The van der Waals surface area contributed by atoms with Crippen LogP contribution in [0.3, 0.4) is 0 Å². The van der Waals surface area contributed by atoms with Crippen molar-refractivity contribution >= 4 is 11.9 Å². The first-order chi connectivity index (χ1) is 7.91. The highest BCUT2D eigenvalue weighted by molar-refractivity contribution is 5.82. The van der Waals surface area contributed by atoms with E-state index in [0.29, 0.717) is 6.42 Å². The molecule has 1 saturated heterocycles. The lowest BCUT2D eigenvalue weighted by atomic mass is 9.70. The first-order valence-electron chi connectivity index (χ1n) is 5.95. The fourth-order valence-electron chi connectivity index (χ4n) is 2.95. The summed E-state index contributed by atoms with van der Waals surface area (Å²) >= 11 is 0. The predicted molar refractivity (Wildman–Crippen MR) is 59.8 cm³/mol. The first kappa shape index (κ1) is 12.4. The highest BCUT2D eigenvalue weighted by Gasteiger charge is 2.57. The number of ether oxygens (including phenoxy) is 1. The maximum atomic E-state index is 11.8. The molecule has 0 radical (unpaired) electrons. The molecule has 1 saturated carbocycles. The van der Waals surface area contributed by atoms with Crippen molar-refractivity contribution in [2.75, 3.05) is 14.2 Å². The molecule has 96 valence electrons. The summed E-state index contributed by atoms with van der Waals surface area (Å²) in [5.74, 6) is -0.297. The molecule has 17 heavy (non-hydrogen) atoms. The number of amides is 1. The van der Waals surface area contributed by atoms with E-state index in [9.17, 15) is 9.59 Å². The summed E-state index contributed by atoms with van der Waals surface area (Å²) in [7, 11) is 3.01. The van der Waals surface area contributed by atoms with Crippen LogP contribution in [0.5, 0.6) is 0 Å². The average Bonchev–Trinajstić information content (AvgIpc) is 2.43. The van der Waals surface area contributed by atoms with E-state index in [0.717, 1.165) is 19.3 Å². The van der Waals surface area contributed by atoms with Crippen LogP contribution in [-0.2, 0) is 19.2 Å². The molecule has 1 amide bonds. The molecule has 1 aliphatic carbocycles. The Balaban J connectivity index is 2.11. The number of rotatable bonds is 3. The molecule has 0 spiro atoms. The quantitative estimate of drug-likeness (QED) is 0.551. The maximum Gasteiger partial charge on any atom is 0.312 e. The minimum Gasteiger partial charge on any atom is -0.458 e. The summed E-state index contributed by atoms with van der Waals surface area (Å²) in [5.41, 5.74) is -0.974. The van der Waals surface area contributed by atoms with E-state index in [1.165, 1.54) is 12.2 Å². The maximum absolute atomic E-state index is 11.8. The van der Waals surface area contributed by atoms with Crippen LogP contribution in [0.15, 0.2) is 0 Å². The summed E-state index contributed by atoms with van der Waals surface area (Å²) in [5, 5.41) is 1.19. The van der Waals surface area contributed by atoms with Gasteiger partial charge in [0.2, 0.25) is 5.91 Å². The third-order valence-corrected chi connectivity index (χ3v) is 3.97. The lowest BCUT2D eigenvalue weighted by molar-refractivity contribution is -0.175. The molecule has 0 aromatic heterocycles. The van der Waals surface area contributed by atoms with Gasteiger partial charge in [0.15, 0.2) is 0 Å². The van der Waals surface area contributed by atoms with Crippen LogP contribution in [0.25, 0.3) is 0 Å². The van der Waals surface area contributed by atoms with Gasteiger partial charge in [0.1, 0.15) is 5.60 Å². The molecular formula is C12H19NO4. The molecule has 0 aromatic rings. The molecule has 5 nitrogen and oxygen atoms in total. The fourth-order valence-corrected chi connectivity index (χ4v) is 2.95. The van der Waals surface area contributed by atoms with E-state index in [-0.39, 0.29) is 23.7 Å². The van der Waals surface area contributed by atoms with Gasteiger partial charge in [0.05, 0.1) is 18.9 Å². The third-order valence-electron chi connectivity index (χ3n) is 3.97. The number of hydroxylamine groups is 2. The van der Waals surface area contributed by atoms with Crippen LogP contribution in [-0.4, -0.2) is 36.7 Å². The Morgan fingerprint density at radius 2 is 2.24 bits per heavy atom. The summed E-state index contributed by atoms with van der Waals surface area (Å²) in [4.78, 5) is 28.5. The number of carbonyl (C=O) groups excluding carboxylic acids is 2. The number of esters is 1. The van der Waals surface area contributed by atoms with Crippen molar-refractivity contribution in [3.8, 4) is 0 Å². The van der Waals surface area contributed by atoms with E-state index in [2.05, 4.69) is 0 Å². The van der Waals surface area contributed by atoms with E-state index in [4.69, 9.17) is 9.57 Å². The van der Waals surface area contributed by atoms with Gasteiger partial charge in [-0.25, -0.2) is 5.06 Å². The molecule has 1 aliphatic heterocycles. The zero-order valence-electron chi connectivity index (χ0n) is 10.6. The standard InChI is InChI=1S/C12H19NO4/c1-11-5-4-6-12(8-11,17-10(11)15)7-9(14)13(2)16-3/h4-8H2,1-3H3/t11-,12?/m1/s1. The molecule has 1 unspecified atom stereocenters. The molecular weight excluding hydrogens is 222 g/mol. The van der Waals surface area contributed by atoms with Crippen LogP contribution in [0.1, 0.15) is 39.0 Å². The van der Waals surface area contributed by atoms with E-state index >= 15 is 0 Å². The Kier molecular flexibility index (Phi) is 2.89. The number of nitrogens with zero attached hydrogens (tertiary/aromatic N) is 1. The van der Waals surface area contributed by atoms with E-state index < -0.39 is 5.60 Å². The second-order valence-corrected chi connectivity index (χ2v) is 5.41. The largest absolute Gasteiger partial charge is 0.458 e. The van der Waals surface area contributed by atoms with Gasteiger partial charge >= 0.3 is 5.97 Å². The van der Waals surface area contributed by atoms with E-state index in [1.807, 2.05) is 6.92 Å². The molecule has 5 heteroatoms. The van der Waals surface area contributed by atoms with Gasteiger partial charge in [-0.15, -0.1) is 0 Å². The Hall–Kier alpha value is -1.10. The highest BCUT2D eigenvalue weighted by Crippen LogP contribution is 2.52. The zero-order chi connectivity index (χ0) is 12.7. The van der Waals surface area contributed by atoms with Crippen LogP contribution in [0.2, 0.25) is 0 Å². The van der Waals surface area contributed by atoms with Gasteiger partial charge in [0.25, 0.3) is 0 Å². The Morgan fingerprint density at radius 3 is 2.88 bits per heavy atom. The van der Waals surface area contributed by atoms with Crippen molar-refractivity contribution in [3.05, 3.63) is 0 Å². The normalized spacial score (nSPS) is 35.6. The molecule has 2 atom stereocenters. The highest BCUT2D eigenvalue weighted by atomic mass is 16.7. The van der Waals surface area contributed by atoms with Crippen molar-refractivity contribution < 1.29 is 19.2 Å². The number of carbonyl (C=O) groups is 2.